The van der Waals surface area contributed by atoms with Crippen molar-refractivity contribution in [3.8, 4) is 17.2 Å². The number of nitrogens with zero attached hydrogens (tertiary/aromatic N) is 7. The SMILES string of the molecule is C[C@@H](n1cc(-c2cncc(C#N)c2)cn1)[C@](O)(Cn1cncn1)c1ccc(F)cc1F. The molecule has 0 aliphatic heterocycles. The van der Waals surface area contributed by atoms with Crippen LogP contribution in [-0.4, -0.2) is 34.6 Å². The summed E-state index contributed by atoms with van der Waals surface area (Å²) in [5, 5.41) is 29.0. The Bertz CT molecular complexity index is 1250. The van der Waals surface area contributed by atoms with Gasteiger partial charge in [-0.3, -0.25) is 9.67 Å². The van der Waals surface area contributed by atoms with Gasteiger partial charge >= 0.3 is 0 Å². The number of halogens is 2. The molecule has 1 aromatic carbocycles. The first-order valence-corrected chi connectivity index (χ1v) is 9.30. The number of benzene rings is 1. The van der Waals surface area contributed by atoms with E-state index < -0.39 is 23.3 Å². The normalized spacial score (nSPS) is 14.0. The Labute approximate surface area is 176 Å². The number of rotatable bonds is 6. The molecule has 3 aromatic heterocycles. The van der Waals surface area contributed by atoms with Crippen molar-refractivity contribution in [2.45, 2.75) is 25.1 Å². The average molecular weight is 421 g/mol. The molecule has 1 N–H and O–H groups in total. The fourth-order valence-corrected chi connectivity index (χ4v) is 3.42. The molecule has 8 nitrogen and oxygen atoms in total. The van der Waals surface area contributed by atoms with E-state index in [9.17, 15) is 13.9 Å². The van der Waals surface area contributed by atoms with E-state index >= 15 is 0 Å². The van der Waals surface area contributed by atoms with Crippen LogP contribution in [0.4, 0.5) is 8.78 Å². The molecule has 0 amide bonds. The van der Waals surface area contributed by atoms with E-state index in [1.54, 1.807) is 31.6 Å². The first-order valence-electron chi connectivity index (χ1n) is 9.30. The lowest BCUT2D eigenvalue weighted by Crippen LogP contribution is -2.40. The highest BCUT2D eigenvalue weighted by atomic mass is 19.1. The van der Waals surface area contributed by atoms with Crippen LogP contribution in [0.2, 0.25) is 0 Å². The van der Waals surface area contributed by atoms with E-state index in [1.165, 1.54) is 34.3 Å². The summed E-state index contributed by atoms with van der Waals surface area (Å²) in [4.78, 5) is 7.90. The Kier molecular flexibility index (Phi) is 5.27. The highest BCUT2D eigenvalue weighted by molar-refractivity contribution is 5.62. The van der Waals surface area contributed by atoms with Gasteiger partial charge in [0, 0.05) is 41.3 Å². The maximum atomic E-state index is 14.7. The van der Waals surface area contributed by atoms with Crippen molar-refractivity contribution in [3.05, 3.63) is 84.5 Å². The zero-order valence-electron chi connectivity index (χ0n) is 16.4. The van der Waals surface area contributed by atoms with E-state index in [4.69, 9.17) is 5.26 Å². The van der Waals surface area contributed by atoms with E-state index in [2.05, 4.69) is 20.2 Å². The van der Waals surface area contributed by atoms with Crippen molar-refractivity contribution < 1.29 is 13.9 Å². The van der Waals surface area contributed by atoms with Gasteiger partial charge in [-0.05, 0) is 19.1 Å². The highest BCUT2D eigenvalue weighted by Gasteiger charge is 2.40. The van der Waals surface area contributed by atoms with Crippen molar-refractivity contribution in [2.75, 3.05) is 0 Å². The minimum absolute atomic E-state index is 0.0953. The molecule has 156 valence electrons. The van der Waals surface area contributed by atoms with Crippen LogP contribution in [-0.2, 0) is 12.1 Å². The molecule has 0 spiro atoms. The second-order valence-corrected chi connectivity index (χ2v) is 7.10. The van der Waals surface area contributed by atoms with E-state index in [1.807, 2.05) is 6.07 Å². The maximum absolute atomic E-state index is 14.7. The molecule has 0 fully saturated rings. The lowest BCUT2D eigenvalue weighted by atomic mass is 9.86. The number of hydrogen-bond acceptors (Lipinski definition) is 6. The van der Waals surface area contributed by atoms with Gasteiger partial charge < -0.3 is 5.11 Å². The molecule has 2 atom stereocenters. The summed E-state index contributed by atoms with van der Waals surface area (Å²) in [7, 11) is 0. The van der Waals surface area contributed by atoms with E-state index in [0.717, 1.165) is 12.1 Å². The minimum Gasteiger partial charge on any atom is -0.381 e. The van der Waals surface area contributed by atoms with Crippen LogP contribution in [0.25, 0.3) is 11.1 Å². The minimum atomic E-state index is -1.83. The largest absolute Gasteiger partial charge is 0.381 e. The Morgan fingerprint density at radius 3 is 2.68 bits per heavy atom. The van der Waals surface area contributed by atoms with Crippen LogP contribution in [0.3, 0.4) is 0 Å². The number of pyridine rings is 1. The zero-order chi connectivity index (χ0) is 22.0. The molecule has 0 radical (unpaired) electrons. The molecular formula is C21H17F2N7O. The second kappa shape index (κ2) is 8.04. The van der Waals surface area contributed by atoms with Crippen LogP contribution in [0, 0.1) is 23.0 Å². The lowest BCUT2D eigenvalue weighted by molar-refractivity contribution is -0.0368. The van der Waals surface area contributed by atoms with Gasteiger partial charge in [0.25, 0.3) is 0 Å². The third-order valence-electron chi connectivity index (χ3n) is 5.16. The third-order valence-corrected chi connectivity index (χ3v) is 5.16. The Morgan fingerprint density at radius 1 is 1.13 bits per heavy atom. The predicted molar refractivity (Wildman–Crippen MR) is 105 cm³/mol. The van der Waals surface area contributed by atoms with Crippen molar-refractivity contribution in [2.24, 2.45) is 0 Å². The molecule has 0 saturated carbocycles. The number of hydrogen-bond donors (Lipinski definition) is 1. The van der Waals surface area contributed by atoms with Crippen molar-refractivity contribution >= 4 is 0 Å². The smallest absolute Gasteiger partial charge is 0.137 e. The number of aliphatic hydroxyl groups is 1. The molecule has 0 bridgehead atoms. The first-order chi connectivity index (χ1) is 14.9. The van der Waals surface area contributed by atoms with Crippen LogP contribution < -0.4 is 0 Å². The van der Waals surface area contributed by atoms with Gasteiger partial charge in [0.2, 0.25) is 0 Å². The molecular weight excluding hydrogens is 404 g/mol. The molecule has 0 aliphatic rings. The van der Waals surface area contributed by atoms with Gasteiger partial charge in [-0.2, -0.15) is 15.5 Å². The van der Waals surface area contributed by atoms with Gasteiger partial charge in [0.1, 0.15) is 36.0 Å². The molecule has 10 heteroatoms. The number of nitriles is 1. The second-order valence-electron chi connectivity index (χ2n) is 7.10. The van der Waals surface area contributed by atoms with Crippen LogP contribution in [0.1, 0.15) is 24.1 Å². The summed E-state index contributed by atoms with van der Waals surface area (Å²) in [6.07, 6.45) is 8.96. The molecule has 4 rings (SSSR count). The molecule has 0 saturated heterocycles. The van der Waals surface area contributed by atoms with Crippen molar-refractivity contribution in [3.63, 3.8) is 0 Å². The lowest BCUT2D eigenvalue weighted by Gasteiger charge is -2.34. The van der Waals surface area contributed by atoms with Crippen LogP contribution in [0.15, 0.2) is 61.7 Å². The first kappa shape index (κ1) is 20.3. The van der Waals surface area contributed by atoms with Gasteiger partial charge in [-0.1, -0.05) is 6.07 Å². The van der Waals surface area contributed by atoms with Gasteiger partial charge in [-0.25, -0.2) is 18.4 Å². The predicted octanol–water partition coefficient (Wildman–Crippen LogP) is 2.84. The topological polar surface area (TPSA) is 105 Å². The Balaban J connectivity index is 1.75. The number of aromatic nitrogens is 6. The quantitative estimate of drug-likeness (QED) is 0.513. The summed E-state index contributed by atoms with van der Waals surface area (Å²) in [5.41, 5.74) is -0.192. The molecule has 3 heterocycles. The summed E-state index contributed by atoms with van der Waals surface area (Å²) < 4.78 is 31.0. The fraction of sp³-hybridized carbons (Fsp3) is 0.190. The van der Waals surface area contributed by atoms with Gasteiger partial charge in [0.05, 0.1) is 24.3 Å². The molecule has 4 aromatic rings. The highest BCUT2D eigenvalue weighted by Crippen LogP contribution is 2.37. The standard InChI is InChI=1S/C21H17F2N7O/c1-14(30-10-17(9-27-30)16-4-15(6-24)7-25-8-16)21(31,11-29-13-26-12-28-29)19-3-2-18(22)5-20(19)23/h2-5,7-10,12-14,31H,11H2,1H3/t14-,21-/m1/s1. The van der Waals surface area contributed by atoms with Crippen LogP contribution in [0.5, 0.6) is 0 Å². The Hall–Kier alpha value is -3.97. The van der Waals surface area contributed by atoms with Crippen molar-refractivity contribution in [1.82, 2.24) is 29.5 Å². The van der Waals surface area contributed by atoms with Gasteiger partial charge in [-0.15, -0.1) is 0 Å². The monoisotopic (exact) mass is 421 g/mol. The summed E-state index contributed by atoms with van der Waals surface area (Å²) in [6, 6.07) is 5.94. The van der Waals surface area contributed by atoms with E-state index in [0.29, 0.717) is 16.7 Å². The van der Waals surface area contributed by atoms with E-state index in [-0.39, 0.29) is 12.1 Å². The fourth-order valence-electron chi connectivity index (χ4n) is 3.42. The maximum Gasteiger partial charge on any atom is 0.137 e. The molecule has 0 aliphatic carbocycles. The summed E-state index contributed by atoms with van der Waals surface area (Å²) >= 11 is 0. The van der Waals surface area contributed by atoms with Crippen molar-refractivity contribution in [1.29, 1.82) is 5.26 Å². The molecule has 0 unspecified atom stereocenters. The zero-order valence-corrected chi connectivity index (χ0v) is 16.4. The third kappa shape index (κ3) is 3.91. The van der Waals surface area contributed by atoms with Gasteiger partial charge in [0.15, 0.2) is 0 Å². The molecule has 31 heavy (non-hydrogen) atoms. The summed E-state index contributed by atoms with van der Waals surface area (Å²) in [5.74, 6) is -1.63. The summed E-state index contributed by atoms with van der Waals surface area (Å²) in [6.45, 7) is 1.53. The Morgan fingerprint density at radius 2 is 1.97 bits per heavy atom. The van der Waals surface area contributed by atoms with Crippen LogP contribution >= 0.6 is 0 Å². The average Bonchev–Trinajstić information content (AvgIpc) is 3.45.